The lowest BCUT2D eigenvalue weighted by Gasteiger charge is -2.54. The largest absolute Gasteiger partial charge is 0.472 e. The van der Waals surface area contributed by atoms with Crippen molar-refractivity contribution in [2.75, 3.05) is 0 Å². The van der Waals surface area contributed by atoms with E-state index in [4.69, 9.17) is 13.9 Å². The Labute approximate surface area is 151 Å². The van der Waals surface area contributed by atoms with Gasteiger partial charge in [-0.1, -0.05) is 25.7 Å². The summed E-state index contributed by atoms with van der Waals surface area (Å²) in [6.07, 6.45) is 2.71. The van der Waals surface area contributed by atoms with Gasteiger partial charge in [0, 0.05) is 16.9 Å². The number of carbonyl (C=O) groups is 2. The maximum Gasteiger partial charge on any atom is 0.341 e. The monoisotopic (exact) mass is 358 g/mol. The molecule has 0 radical (unpaired) electrons. The van der Waals surface area contributed by atoms with E-state index < -0.39 is 41.6 Å². The first-order valence-electron chi connectivity index (χ1n) is 8.81. The first kappa shape index (κ1) is 17.1. The number of rotatable bonds is 2. The molecular weight excluding hydrogens is 336 g/mol. The van der Waals surface area contributed by atoms with Gasteiger partial charge in [0.15, 0.2) is 0 Å². The van der Waals surface area contributed by atoms with Crippen LogP contribution in [0.15, 0.2) is 47.3 Å². The molecule has 2 aliphatic carbocycles. The maximum absolute atomic E-state index is 12.4. The number of fused-ring (bicyclic) bond motifs is 3. The predicted octanol–water partition coefficient (Wildman–Crippen LogP) is 2.64. The molecule has 26 heavy (non-hydrogen) atoms. The fourth-order valence-corrected chi connectivity index (χ4v) is 4.93. The zero-order valence-corrected chi connectivity index (χ0v) is 14.6. The van der Waals surface area contributed by atoms with Crippen LogP contribution in [-0.4, -0.2) is 35.4 Å². The van der Waals surface area contributed by atoms with Crippen LogP contribution in [0.3, 0.4) is 0 Å². The number of carbonyl (C=O) groups excluding carboxylic acids is 2. The van der Waals surface area contributed by atoms with E-state index >= 15 is 0 Å². The number of hydrogen-bond acceptors (Lipinski definition) is 6. The summed E-state index contributed by atoms with van der Waals surface area (Å²) in [4.78, 5) is 24.6. The molecule has 138 valence electrons. The zero-order chi connectivity index (χ0) is 18.6. The summed E-state index contributed by atoms with van der Waals surface area (Å²) in [5, 5.41) is 10.7. The molecule has 6 atom stereocenters. The van der Waals surface area contributed by atoms with Gasteiger partial charge in [0.2, 0.25) is 0 Å². The van der Waals surface area contributed by atoms with E-state index in [0.29, 0.717) is 30.4 Å². The second-order valence-electron chi connectivity index (χ2n) is 7.78. The van der Waals surface area contributed by atoms with Crippen LogP contribution in [0.4, 0.5) is 0 Å². The molecule has 0 spiro atoms. The van der Waals surface area contributed by atoms with Gasteiger partial charge in [-0.25, -0.2) is 9.59 Å². The highest BCUT2D eigenvalue weighted by Crippen LogP contribution is 2.57. The van der Waals surface area contributed by atoms with Gasteiger partial charge in [-0.3, -0.25) is 0 Å². The van der Waals surface area contributed by atoms with Crippen LogP contribution >= 0.6 is 0 Å². The molecule has 2 heterocycles. The van der Waals surface area contributed by atoms with E-state index in [2.05, 4.69) is 13.2 Å². The quantitative estimate of drug-likeness (QED) is 0.497. The number of esters is 2. The molecule has 2 saturated carbocycles. The zero-order valence-electron chi connectivity index (χ0n) is 14.6. The van der Waals surface area contributed by atoms with E-state index in [0.717, 1.165) is 5.57 Å². The highest BCUT2D eigenvalue weighted by Gasteiger charge is 2.62. The lowest BCUT2D eigenvalue weighted by atomic mass is 9.53. The van der Waals surface area contributed by atoms with Crippen molar-refractivity contribution in [1.29, 1.82) is 0 Å². The Morgan fingerprint density at radius 2 is 2.19 bits per heavy atom. The maximum atomic E-state index is 12.4. The molecule has 6 nitrogen and oxygen atoms in total. The highest BCUT2D eigenvalue weighted by atomic mass is 16.6. The summed E-state index contributed by atoms with van der Waals surface area (Å²) >= 11 is 0. The van der Waals surface area contributed by atoms with Gasteiger partial charge in [0.25, 0.3) is 0 Å². The first-order chi connectivity index (χ1) is 12.3. The molecule has 1 N–H and O–H groups in total. The highest BCUT2D eigenvalue weighted by molar-refractivity contribution is 5.92. The Hall–Kier alpha value is -2.34. The molecule has 0 aromatic carbocycles. The van der Waals surface area contributed by atoms with Crippen LogP contribution < -0.4 is 0 Å². The molecule has 3 aliphatic rings. The van der Waals surface area contributed by atoms with Crippen molar-refractivity contribution in [3.63, 3.8) is 0 Å². The normalized spacial score (nSPS) is 39.2. The summed E-state index contributed by atoms with van der Waals surface area (Å²) in [5.74, 6) is -1.61. The van der Waals surface area contributed by atoms with Crippen molar-refractivity contribution in [2.24, 2.45) is 17.3 Å². The van der Waals surface area contributed by atoms with E-state index in [9.17, 15) is 14.7 Å². The van der Waals surface area contributed by atoms with E-state index in [1.807, 2.05) is 6.92 Å². The Morgan fingerprint density at radius 1 is 1.42 bits per heavy atom. The van der Waals surface area contributed by atoms with Crippen molar-refractivity contribution < 1.29 is 28.6 Å². The van der Waals surface area contributed by atoms with Crippen LogP contribution in [-0.2, 0) is 14.3 Å². The van der Waals surface area contributed by atoms with E-state index in [1.54, 1.807) is 0 Å². The van der Waals surface area contributed by atoms with Crippen molar-refractivity contribution in [3.8, 4) is 0 Å². The van der Waals surface area contributed by atoms with Gasteiger partial charge in [-0.05, 0) is 25.3 Å². The summed E-state index contributed by atoms with van der Waals surface area (Å²) in [5.41, 5.74) is 1.01. The fourth-order valence-electron chi connectivity index (χ4n) is 4.93. The standard InChI is InChI=1S/C20H22O6/c1-10-4-5-14(21)20(3)8-13(25-19(23)12-6-7-24-9-12)15-11(2)18(22)26-17(15)16(10)20/h6-7,9,13-17,21H,1-2,4-5,8H2,3H3/t13-,14-,15-,16-,17+,20+/m0/s1. The molecule has 3 fully saturated rings. The third-order valence-corrected chi connectivity index (χ3v) is 6.30. The summed E-state index contributed by atoms with van der Waals surface area (Å²) in [6, 6.07) is 1.52. The minimum atomic E-state index is -0.608. The Bertz CT molecular complexity index is 778. The van der Waals surface area contributed by atoms with Crippen LogP contribution in [0, 0.1) is 17.3 Å². The van der Waals surface area contributed by atoms with Crippen LogP contribution in [0.2, 0.25) is 0 Å². The van der Waals surface area contributed by atoms with E-state index in [1.165, 1.54) is 18.6 Å². The number of ether oxygens (including phenoxy) is 2. The minimum absolute atomic E-state index is 0.177. The number of furan rings is 1. The SMILES string of the molecule is C=C1C(=O)O[C@@H]2[C@@H]1[C@@H](OC(=O)c1ccoc1)C[C@]1(C)[C@@H](O)CCC(=C)[C@@H]21. The van der Waals surface area contributed by atoms with Crippen molar-refractivity contribution in [1.82, 2.24) is 0 Å². The molecule has 1 saturated heterocycles. The molecule has 6 heteroatoms. The van der Waals surface area contributed by atoms with Crippen molar-refractivity contribution in [2.45, 2.75) is 44.5 Å². The third-order valence-electron chi connectivity index (χ3n) is 6.30. The first-order valence-corrected chi connectivity index (χ1v) is 8.81. The Balaban J connectivity index is 1.70. The number of aliphatic hydroxyl groups excluding tert-OH is 1. The predicted molar refractivity (Wildman–Crippen MR) is 91.0 cm³/mol. The van der Waals surface area contributed by atoms with Gasteiger partial charge >= 0.3 is 11.9 Å². The smallest absolute Gasteiger partial charge is 0.341 e. The average molecular weight is 358 g/mol. The number of hydrogen-bond donors (Lipinski definition) is 1. The van der Waals surface area contributed by atoms with Gasteiger partial charge in [-0.15, -0.1) is 0 Å². The van der Waals surface area contributed by atoms with Gasteiger partial charge in [-0.2, -0.15) is 0 Å². The lowest BCUT2D eigenvalue weighted by molar-refractivity contribution is -0.161. The van der Waals surface area contributed by atoms with Crippen molar-refractivity contribution >= 4 is 11.9 Å². The molecule has 1 aromatic rings. The Morgan fingerprint density at radius 3 is 2.88 bits per heavy atom. The van der Waals surface area contributed by atoms with Gasteiger partial charge in [0.1, 0.15) is 18.5 Å². The summed E-state index contributed by atoms with van der Waals surface area (Å²) in [6.45, 7) is 9.99. The minimum Gasteiger partial charge on any atom is -0.472 e. The molecule has 0 amide bonds. The second kappa shape index (κ2) is 5.84. The van der Waals surface area contributed by atoms with E-state index in [-0.39, 0.29) is 5.92 Å². The average Bonchev–Trinajstić information content (AvgIpc) is 3.21. The number of aliphatic hydroxyl groups is 1. The molecule has 4 rings (SSSR count). The molecule has 1 aliphatic heterocycles. The van der Waals surface area contributed by atoms with Crippen LogP contribution in [0.25, 0.3) is 0 Å². The lowest BCUT2D eigenvalue weighted by Crippen LogP contribution is -2.58. The van der Waals surface area contributed by atoms with Crippen LogP contribution in [0.1, 0.15) is 36.5 Å². The Kier molecular flexibility index (Phi) is 3.84. The third kappa shape index (κ3) is 2.35. The molecule has 0 unspecified atom stereocenters. The summed E-state index contributed by atoms with van der Waals surface area (Å²) in [7, 11) is 0. The van der Waals surface area contributed by atoms with Gasteiger partial charge in [0.05, 0.1) is 23.8 Å². The molecular formula is C20H22O6. The summed E-state index contributed by atoms with van der Waals surface area (Å²) < 4.78 is 16.3. The van der Waals surface area contributed by atoms with Gasteiger partial charge < -0.3 is 19.0 Å². The molecule has 1 aromatic heterocycles. The fraction of sp³-hybridized carbons (Fsp3) is 0.500. The van der Waals surface area contributed by atoms with Crippen molar-refractivity contribution in [3.05, 3.63) is 48.5 Å². The van der Waals surface area contributed by atoms with Crippen LogP contribution in [0.5, 0.6) is 0 Å². The second-order valence-corrected chi connectivity index (χ2v) is 7.78. The molecule has 0 bridgehead atoms. The topological polar surface area (TPSA) is 86.0 Å².